The maximum atomic E-state index is 11.5. The Kier molecular flexibility index (Phi) is 13.9. The van der Waals surface area contributed by atoms with Crippen LogP contribution in [0, 0.1) is 12.3 Å². The first-order valence-corrected chi connectivity index (χ1v) is 12.7. The van der Waals surface area contributed by atoms with E-state index in [1.54, 1.807) is 11.8 Å². The Labute approximate surface area is 179 Å². The van der Waals surface area contributed by atoms with E-state index in [4.69, 9.17) is 18.5 Å². The minimum atomic E-state index is -3.42. The predicted molar refractivity (Wildman–Crippen MR) is 116 cm³/mol. The Balaban J connectivity index is 0.00000245. The summed E-state index contributed by atoms with van der Waals surface area (Å²) in [5.41, 5.74) is 1.01. The fourth-order valence-electron chi connectivity index (χ4n) is 3.07. The highest BCUT2D eigenvalue weighted by molar-refractivity contribution is 7.99. The van der Waals surface area contributed by atoms with Gasteiger partial charge in [0.05, 0.1) is 19.5 Å². The van der Waals surface area contributed by atoms with Crippen molar-refractivity contribution in [3.8, 4) is 5.75 Å². The third-order valence-corrected chi connectivity index (χ3v) is 6.18. The molecule has 6 nitrogen and oxygen atoms in total. The van der Waals surface area contributed by atoms with E-state index in [-0.39, 0.29) is 18.2 Å². The lowest BCUT2D eigenvalue weighted by Gasteiger charge is -2.32. The molecule has 0 radical (unpaired) electrons. The molecule has 0 saturated carbocycles. The number of thioether (sulfide) groups is 1. The summed E-state index contributed by atoms with van der Waals surface area (Å²) in [4.78, 5) is 17.4. The number of ether oxygens (including phenoxy) is 1. The Bertz CT molecular complexity index is 719. The van der Waals surface area contributed by atoms with E-state index in [1.165, 1.54) is 4.90 Å². The van der Waals surface area contributed by atoms with Crippen LogP contribution in [0.3, 0.4) is 0 Å². The van der Waals surface area contributed by atoms with Crippen molar-refractivity contribution in [3.63, 3.8) is 0 Å². The van der Waals surface area contributed by atoms with Crippen molar-refractivity contribution in [2.45, 2.75) is 64.7 Å². The molecule has 0 saturated heterocycles. The molecule has 166 valence electrons. The molecule has 0 aliphatic carbocycles. The molecule has 1 aromatic rings. The highest BCUT2D eigenvalue weighted by Crippen LogP contribution is 2.38. The zero-order chi connectivity index (χ0) is 22.3. The van der Waals surface area contributed by atoms with Crippen LogP contribution in [0.25, 0.3) is 0 Å². The topological polar surface area (TPSA) is 86.7 Å². The molecule has 0 aromatic heterocycles. The van der Waals surface area contributed by atoms with Gasteiger partial charge in [0, 0.05) is 16.1 Å². The third kappa shape index (κ3) is 12.1. The number of carbonyl (C=O) groups excluding carboxylic acids is 2. The SMILES string of the molecule is CCCOc1ccc(SCC(CCC)(CCC)COS(C)(=O)=O)cc1C.O=C=O. The largest absolute Gasteiger partial charge is 0.493 e. The smallest absolute Gasteiger partial charge is 0.373 e. The summed E-state index contributed by atoms with van der Waals surface area (Å²) in [6, 6.07) is 6.26. The van der Waals surface area contributed by atoms with Crippen molar-refractivity contribution in [2.24, 2.45) is 5.41 Å². The number of hydrogen-bond acceptors (Lipinski definition) is 7. The maximum Gasteiger partial charge on any atom is 0.373 e. The first-order valence-electron chi connectivity index (χ1n) is 9.86. The Hall–Kier alpha value is -1.34. The van der Waals surface area contributed by atoms with Crippen molar-refractivity contribution < 1.29 is 26.9 Å². The van der Waals surface area contributed by atoms with Gasteiger partial charge in [-0.15, -0.1) is 11.8 Å². The number of benzene rings is 1. The van der Waals surface area contributed by atoms with Crippen LogP contribution in [0.1, 0.15) is 58.4 Å². The highest BCUT2D eigenvalue weighted by Gasteiger charge is 2.30. The summed E-state index contributed by atoms with van der Waals surface area (Å²) in [7, 11) is -3.42. The van der Waals surface area contributed by atoms with E-state index >= 15 is 0 Å². The minimum absolute atomic E-state index is 0.122. The highest BCUT2D eigenvalue weighted by atomic mass is 32.2. The molecule has 1 aromatic carbocycles. The molecule has 29 heavy (non-hydrogen) atoms. The van der Waals surface area contributed by atoms with Gasteiger partial charge < -0.3 is 4.74 Å². The molecule has 0 unspecified atom stereocenters. The molecule has 0 amide bonds. The van der Waals surface area contributed by atoms with Gasteiger partial charge >= 0.3 is 6.15 Å². The second kappa shape index (κ2) is 14.6. The minimum Gasteiger partial charge on any atom is -0.493 e. The van der Waals surface area contributed by atoms with Crippen LogP contribution in [0.5, 0.6) is 5.75 Å². The standard InChI is InChI=1S/C20H34O4S2.CO2/c1-6-11-20(12-7-2,15-24-26(5,21)22)16-25-18-9-10-19(17(4)14-18)23-13-8-3;2-1-3/h9-10,14H,6-8,11-13,15-16H2,1-5H3;. The van der Waals surface area contributed by atoms with Crippen LogP contribution in [0.4, 0.5) is 0 Å². The summed E-state index contributed by atoms with van der Waals surface area (Å²) in [6.45, 7) is 9.43. The monoisotopic (exact) mass is 446 g/mol. The first kappa shape index (κ1) is 27.7. The molecule has 0 N–H and O–H groups in total. The van der Waals surface area contributed by atoms with Crippen LogP contribution in [0.2, 0.25) is 0 Å². The lowest BCUT2D eigenvalue weighted by Crippen LogP contribution is -2.31. The fourth-order valence-corrected chi connectivity index (χ4v) is 4.80. The quantitative estimate of drug-likeness (QED) is 0.316. The van der Waals surface area contributed by atoms with Crippen LogP contribution >= 0.6 is 11.8 Å². The summed E-state index contributed by atoms with van der Waals surface area (Å²) in [5.74, 6) is 1.78. The Morgan fingerprint density at radius 2 is 1.66 bits per heavy atom. The molecule has 0 fully saturated rings. The second-order valence-corrected chi connectivity index (χ2v) is 9.81. The molecule has 0 bridgehead atoms. The van der Waals surface area contributed by atoms with Gasteiger partial charge in [-0.3, -0.25) is 4.18 Å². The summed E-state index contributed by atoms with van der Waals surface area (Å²) in [6.07, 6.45) is 6.31. The average Bonchev–Trinajstić information content (AvgIpc) is 2.64. The van der Waals surface area contributed by atoms with Crippen molar-refractivity contribution in [1.29, 1.82) is 0 Å². The summed E-state index contributed by atoms with van der Waals surface area (Å²) < 4.78 is 33.9. The van der Waals surface area contributed by atoms with Gasteiger partial charge in [0.15, 0.2) is 0 Å². The molecule has 0 spiro atoms. The summed E-state index contributed by atoms with van der Waals surface area (Å²) >= 11 is 1.77. The van der Waals surface area contributed by atoms with Gasteiger partial charge in [0.2, 0.25) is 0 Å². The second-order valence-electron chi connectivity index (χ2n) is 7.11. The molecule has 8 heteroatoms. The number of rotatable bonds is 13. The number of hydrogen-bond donors (Lipinski definition) is 0. The van der Waals surface area contributed by atoms with Gasteiger partial charge in [0.25, 0.3) is 10.1 Å². The lowest BCUT2D eigenvalue weighted by molar-refractivity contribution is -0.191. The van der Waals surface area contributed by atoms with Crippen molar-refractivity contribution in [3.05, 3.63) is 23.8 Å². The lowest BCUT2D eigenvalue weighted by atomic mass is 9.82. The molecular formula is C21H34O6S2. The van der Waals surface area contributed by atoms with Crippen LogP contribution in [0.15, 0.2) is 23.1 Å². The zero-order valence-corrected chi connectivity index (χ0v) is 19.8. The molecule has 0 heterocycles. The fraction of sp³-hybridized carbons (Fsp3) is 0.667. The summed E-state index contributed by atoms with van der Waals surface area (Å²) in [5, 5.41) is 0. The van der Waals surface area contributed by atoms with Crippen LogP contribution in [-0.2, 0) is 23.9 Å². The molecule has 1 rings (SSSR count). The van der Waals surface area contributed by atoms with E-state index in [2.05, 4.69) is 39.8 Å². The van der Waals surface area contributed by atoms with E-state index < -0.39 is 10.1 Å². The zero-order valence-electron chi connectivity index (χ0n) is 18.2. The van der Waals surface area contributed by atoms with Gasteiger partial charge in [0.1, 0.15) is 5.75 Å². The van der Waals surface area contributed by atoms with Crippen LogP contribution < -0.4 is 4.74 Å². The Morgan fingerprint density at radius 1 is 1.07 bits per heavy atom. The third-order valence-electron chi connectivity index (χ3n) is 4.29. The van der Waals surface area contributed by atoms with Crippen molar-refractivity contribution in [2.75, 3.05) is 25.2 Å². The molecular weight excluding hydrogens is 412 g/mol. The van der Waals surface area contributed by atoms with Gasteiger partial charge in [-0.2, -0.15) is 18.0 Å². The normalized spacial score (nSPS) is 11.3. The van der Waals surface area contributed by atoms with Crippen LogP contribution in [-0.4, -0.2) is 39.8 Å². The van der Waals surface area contributed by atoms with Gasteiger partial charge in [-0.05, 0) is 49.9 Å². The average molecular weight is 447 g/mol. The van der Waals surface area contributed by atoms with E-state index in [0.717, 1.165) is 62.0 Å². The van der Waals surface area contributed by atoms with E-state index in [0.29, 0.717) is 0 Å². The maximum absolute atomic E-state index is 11.5. The molecule has 0 atom stereocenters. The predicted octanol–water partition coefficient (Wildman–Crippen LogP) is 4.86. The Morgan fingerprint density at radius 3 is 2.10 bits per heavy atom. The first-order chi connectivity index (χ1) is 13.7. The number of aryl methyl sites for hydroxylation is 1. The van der Waals surface area contributed by atoms with Crippen molar-refractivity contribution in [1.82, 2.24) is 0 Å². The molecule has 0 aliphatic rings. The molecule has 0 aliphatic heterocycles. The van der Waals surface area contributed by atoms with Crippen molar-refractivity contribution >= 4 is 28.0 Å². The van der Waals surface area contributed by atoms with Gasteiger partial charge in [-0.25, -0.2) is 0 Å². The van der Waals surface area contributed by atoms with E-state index in [1.807, 2.05) is 6.07 Å². The van der Waals surface area contributed by atoms with E-state index in [9.17, 15) is 8.42 Å². The van der Waals surface area contributed by atoms with Gasteiger partial charge in [-0.1, -0.05) is 33.6 Å².